The van der Waals surface area contributed by atoms with Crippen LogP contribution in [0.25, 0.3) is 44.5 Å². The number of hydrogen-bond acceptors (Lipinski definition) is 2. The molecule has 0 fully saturated rings. The van der Waals surface area contributed by atoms with Crippen molar-refractivity contribution in [3.63, 3.8) is 0 Å². The third-order valence-electron chi connectivity index (χ3n) is 16.0. The first kappa shape index (κ1) is 40.4. The molecule has 10 aromatic carbocycles. The summed E-state index contributed by atoms with van der Waals surface area (Å²) in [5.41, 5.74) is 20.6. The van der Waals surface area contributed by atoms with E-state index in [0.29, 0.717) is 24.0 Å². The van der Waals surface area contributed by atoms with E-state index in [4.69, 9.17) is 0 Å². The van der Waals surface area contributed by atoms with Gasteiger partial charge in [0.25, 0.3) is 11.8 Å². The quantitative estimate of drug-likeness (QED) is 0.156. The zero-order valence-electron chi connectivity index (χ0n) is 38.3. The molecule has 0 bridgehead atoms. The second-order valence-corrected chi connectivity index (χ2v) is 19.3. The Bertz CT molecular complexity index is 3680. The number of benzene rings is 10. The van der Waals surface area contributed by atoms with E-state index in [1.165, 1.54) is 66.8 Å². The van der Waals surface area contributed by atoms with Crippen LogP contribution in [-0.4, -0.2) is 16.7 Å². The van der Waals surface area contributed by atoms with Gasteiger partial charge in [0.05, 0.1) is 16.9 Å². The molecule has 3 heteroatoms. The number of amides is 2. The number of fused-ring (bicyclic) bond motifs is 10. The lowest BCUT2D eigenvalue weighted by Crippen LogP contribution is -2.33. The highest BCUT2D eigenvalue weighted by Crippen LogP contribution is 2.58. The molecule has 1 atom stereocenters. The number of hydrogen-bond donors (Lipinski definition) is 0. The largest absolute Gasteiger partial charge is 0.269 e. The van der Waals surface area contributed by atoms with E-state index in [0.717, 1.165) is 33.4 Å². The number of imide groups is 1. The summed E-state index contributed by atoms with van der Waals surface area (Å²) >= 11 is 0. The normalized spacial score (nSPS) is 16.3. The summed E-state index contributed by atoms with van der Waals surface area (Å²) < 4.78 is 0. The Kier molecular flexibility index (Phi) is 8.91. The predicted octanol–water partition coefficient (Wildman–Crippen LogP) is 15.0. The first-order valence-corrected chi connectivity index (χ1v) is 24.4. The fraction of sp³-hybridized carbons (Fsp3) is 0.0746. The number of nitrogens with zero attached hydrogens (tertiary/aromatic N) is 1. The first-order chi connectivity index (χ1) is 34.5. The van der Waals surface area contributed by atoms with Gasteiger partial charge in [0.1, 0.15) is 0 Å². The molecule has 4 aliphatic rings. The summed E-state index contributed by atoms with van der Waals surface area (Å²) in [6, 6.07) is 86.6. The maximum atomic E-state index is 15.0. The van der Waals surface area contributed by atoms with Crippen LogP contribution in [0.1, 0.15) is 88.8 Å². The fourth-order valence-electron chi connectivity index (χ4n) is 13.0. The molecule has 2 amide bonds. The van der Waals surface area contributed by atoms with Crippen LogP contribution >= 0.6 is 0 Å². The summed E-state index contributed by atoms with van der Waals surface area (Å²) in [4.78, 5) is 31.4. The van der Waals surface area contributed by atoms with E-state index < -0.39 is 10.8 Å². The van der Waals surface area contributed by atoms with Gasteiger partial charge in [-0.2, -0.15) is 0 Å². The third-order valence-corrected chi connectivity index (χ3v) is 16.0. The van der Waals surface area contributed by atoms with Crippen molar-refractivity contribution in [2.24, 2.45) is 0 Å². The molecular formula is C67H45NO2. The molecule has 0 saturated heterocycles. The van der Waals surface area contributed by atoms with E-state index in [9.17, 15) is 4.79 Å². The Morgan fingerprint density at radius 2 is 0.700 bits per heavy atom. The molecule has 0 N–H and O–H groups in total. The lowest BCUT2D eigenvalue weighted by atomic mass is 9.67. The Balaban J connectivity index is 0.837. The molecule has 70 heavy (non-hydrogen) atoms. The molecule has 2 heterocycles. The second kappa shape index (κ2) is 15.4. The van der Waals surface area contributed by atoms with Gasteiger partial charge in [-0.1, -0.05) is 218 Å². The zero-order chi connectivity index (χ0) is 46.6. The Morgan fingerprint density at radius 1 is 0.329 bits per heavy atom. The van der Waals surface area contributed by atoms with Crippen LogP contribution in [0.2, 0.25) is 0 Å². The molecule has 3 nitrogen and oxygen atoms in total. The molecule has 1 unspecified atom stereocenters. The van der Waals surface area contributed by atoms with Crippen LogP contribution < -0.4 is 0 Å². The van der Waals surface area contributed by atoms with Gasteiger partial charge in [-0.15, -0.1) is 0 Å². The summed E-state index contributed by atoms with van der Waals surface area (Å²) in [7, 11) is 0. The van der Waals surface area contributed by atoms with Gasteiger partial charge in [-0.05, 0) is 137 Å². The first-order valence-electron chi connectivity index (χ1n) is 24.4. The van der Waals surface area contributed by atoms with Crippen molar-refractivity contribution in [1.82, 2.24) is 4.90 Å². The molecule has 10 aromatic rings. The number of rotatable bonds is 6. The molecule has 0 radical (unpaired) electrons. The Hall–Kier alpha value is -8.66. The average molecular weight is 896 g/mol. The van der Waals surface area contributed by atoms with Gasteiger partial charge >= 0.3 is 0 Å². The SMILES string of the molecule is O=C1c2cc(-c3ccc4c(c3)C(c3ccccc3)(c3ccccc3)c3ccccc3-4)ccc2CCC2c3ccc(-c4ccc5c(c4)C(c4ccccc4)(c4ccccc4)c4ccccc4-5)cc3C(=O)N12. The topological polar surface area (TPSA) is 37.4 Å². The van der Waals surface area contributed by atoms with Crippen molar-refractivity contribution >= 4 is 11.8 Å². The van der Waals surface area contributed by atoms with Gasteiger partial charge in [0.15, 0.2) is 0 Å². The minimum atomic E-state index is -0.538. The summed E-state index contributed by atoms with van der Waals surface area (Å²) in [5, 5.41) is 0. The van der Waals surface area contributed by atoms with Gasteiger partial charge in [0.2, 0.25) is 0 Å². The van der Waals surface area contributed by atoms with Crippen molar-refractivity contribution in [3.8, 4) is 44.5 Å². The van der Waals surface area contributed by atoms with Gasteiger partial charge < -0.3 is 0 Å². The van der Waals surface area contributed by atoms with Crippen LogP contribution in [0, 0.1) is 0 Å². The van der Waals surface area contributed by atoms with E-state index in [1.54, 1.807) is 4.90 Å². The lowest BCUT2D eigenvalue weighted by molar-refractivity contribution is 0.0580. The second-order valence-electron chi connectivity index (χ2n) is 19.3. The summed E-state index contributed by atoms with van der Waals surface area (Å²) in [5.74, 6) is -0.461. The standard InChI is InChI=1S/C67H45NO2/c69-64-57-39-44(46-31-35-54-52-25-13-15-27-59(52)66(61(54)41-46,48-17-5-1-6-18-48)49-19-7-2-8-20-49)30-29-43(57)34-38-63-56-37-33-45(40-58(56)65(70)68(63)64)47-32-36-55-53-26-14-16-28-60(53)67(62(55)42-47,50-21-9-3-10-22-50)51-23-11-4-12-24-51/h1-33,35-37,39-42,63H,34,38H2. The van der Waals surface area contributed by atoms with Gasteiger partial charge in [-0.3, -0.25) is 14.5 Å². The summed E-state index contributed by atoms with van der Waals surface area (Å²) in [6.45, 7) is 0. The highest BCUT2D eigenvalue weighted by Gasteiger charge is 2.48. The van der Waals surface area contributed by atoms with Crippen LogP contribution in [0.5, 0.6) is 0 Å². The average Bonchev–Trinajstić information content (AvgIpc) is 3.97. The minimum Gasteiger partial charge on any atom is -0.269 e. The highest BCUT2D eigenvalue weighted by atomic mass is 16.2. The molecule has 2 aliphatic heterocycles. The molecule has 2 aliphatic carbocycles. The van der Waals surface area contributed by atoms with Crippen LogP contribution in [0.15, 0.2) is 243 Å². The molecule has 0 aromatic heterocycles. The minimum absolute atomic E-state index is 0.229. The maximum absolute atomic E-state index is 15.0. The number of carbonyl (C=O) groups is 2. The zero-order valence-corrected chi connectivity index (χ0v) is 38.3. The molecule has 14 rings (SSSR count). The van der Waals surface area contributed by atoms with E-state index >= 15 is 4.79 Å². The van der Waals surface area contributed by atoms with Crippen molar-refractivity contribution in [3.05, 3.63) is 309 Å². The molecule has 0 spiro atoms. The lowest BCUT2D eigenvalue weighted by Gasteiger charge is -2.34. The third kappa shape index (κ3) is 5.57. The molecule has 330 valence electrons. The maximum Gasteiger partial charge on any atom is 0.261 e. The van der Waals surface area contributed by atoms with Crippen LogP contribution in [-0.2, 0) is 17.3 Å². The smallest absolute Gasteiger partial charge is 0.261 e. The molecular weight excluding hydrogens is 851 g/mol. The van der Waals surface area contributed by atoms with Gasteiger partial charge in [-0.25, -0.2) is 0 Å². The Morgan fingerprint density at radius 3 is 1.19 bits per heavy atom. The van der Waals surface area contributed by atoms with Crippen molar-refractivity contribution < 1.29 is 9.59 Å². The number of carbonyl (C=O) groups excluding carboxylic acids is 2. The predicted molar refractivity (Wildman–Crippen MR) is 280 cm³/mol. The van der Waals surface area contributed by atoms with Crippen molar-refractivity contribution in [2.75, 3.05) is 0 Å². The van der Waals surface area contributed by atoms with Crippen molar-refractivity contribution in [2.45, 2.75) is 29.7 Å². The monoisotopic (exact) mass is 895 g/mol. The fourth-order valence-corrected chi connectivity index (χ4v) is 13.0. The van der Waals surface area contributed by atoms with Crippen LogP contribution in [0.3, 0.4) is 0 Å². The highest BCUT2D eigenvalue weighted by molar-refractivity contribution is 6.15. The van der Waals surface area contributed by atoms with E-state index in [-0.39, 0.29) is 17.9 Å². The van der Waals surface area contributed by atoms with Gasteiger partial charge in [0, 0.05) is 11.1 Å². The van der Waals surface area contributed by atoms with Crippen molar-refractivity contribution in [1.29, 1.82) is 0 Å². The van der Waals surface area contributed by atoms with E-state index in [1.807, 2.05) is 12.1 Å². The van der Waals surface area contributed by atoms with Crippen LogP contribution in [0.4, 0.5) is 0 Å². The van der Waals surface area contributed by atoms with E-state index in [2.05, 4.69) is 231 Å². The Labute approximate surface area is 408 Å². The molecule has 0 saturated carbocycles. The number of aryl methyl sites for hydroxylation is 1. The summed E-state index contributed by atoms with van der Waals surface area (Å²) in [6.07, 6.45) is 1.35.